The van der Waals surface area contributed by atoms with Crippen LogP contribution in [0.1, 0.15) is 0 Å². The Balaban J connectivity index is 1.50. The number of hydrogen-bond donors (Lipinski definition) is 2. The Morgan fingerprint density at radius 3 is 2.61 bits per heavy atom. The van der Waals surface area contributed by atoms with Crippen molar-refractivity contribution < 1.29 is 9.13 Å². The molecule has 0 saturated heterocycles. The molecule has 0 radical (unpaired) electrons. The molecule has 6 heteroatoms. The Kier molecular flexibility index (Phi) is 4.43. The first-order chi connectivity index (χ1) is 16.2. The molecule has 0 aliphatic rings. The van der Waals surface area contributed by atoms with E-state index in [1.54, 1.807) is 6.20 Å². The Morgan fingerprint density at radius 2 is 1.76 bits per heavy atom. The van der Waals surface area contributed by atoms with E-state index in [9.17, 15) is 4.39 Å². The number of benzene rings is 3. The molecule has 3 aromatic carbocycles. The van der Waals surface area contributed by atoms with Gasteiger partial charge in [0.1, 0.15) is 17.3 Å². The summed E-state index contributed by atoms with van der Waals surface area (Å²) in [5.41, 5.74) is 7.20. The standard InChI is InChI=1S/C27H19FN4O/c1-33-19-12-17(11-18(28)14-19)20-5-4-7-24-21(20)15-26(30-24)27-22-13-16(8-9-25(22)31-32-27)23-6-2-3-10-29-23/h2-15,30H,1H3,(H,31,32). The third-order valence-corrected chi connectivity index (χ3v) is 5.86. The maximum atomic E-state index is 14.2. The third kappa shape index (κ3) is 3.32. The number of aromatic nitrogens is 4. The molecule has 160 valence electrons. The zero-order chi connectivity index (χ0) is 22.4. The number of methoxy groups -OCH3 is 1. The molecular weight excluding hydrogens is 415 g/mol. The van der Waals surface area contributed by atoms with Crippen LogP contribution in [0.4, 0.5) is 4.39 Å². The lowest BCUT2D eigenvalue weighted by Gasteiger charge is -2.07. The minimum Gasteiger partial charge on any atom is -0.497 e. The summed E-state index contributed by atoms with van der Waals surface area (Å²) in [6, 6.07) is 24.8. The van der Waals surface area contributed by atoms with Gasteiger partial charge in [-0.05, 0) is 59.7 Å². The van der Waals surface area contributed by atoms with Gasteiger partial charge in [-0.3, -0.25) is 10.1 Å². The highest BCUT2D eigenvalue weighted by atomic mass is 19.1. The van der Waals surface area contributed by atoms with Crippen LogP contribution in [0.2, 0.25) is 0 Å². The van der Waals surface area contributed by atoms with Gasteiger partial charge in [-0.2, -0.15) is 5.10 Å². The normalized spacial score (nSPS) is 11.3. The maximum absolute atomic E-state index is 14.2. The van der Waals surface area contributed by atoms with E-state index in [-0.39, 0.29) is 5.82 Å². The summed E-state index contributed by atoms with van der Waals surface area (Å²) >= 11 is 0. The number of aromatic amines is 2. The summed E-state index contributed by atoms with van der Waals surface area (Å²) in [6.07, 6.45) is 1.79. The molecule has 33 heavy (non-hydrogen) atoms. The van der Waals surface area contributed by atoms with Crippen molar-refractivity contribution in [3.05, 3.63) is 90.9 Å². The number of halogens is 1. The average Bonchev–Trinajstić information content (AvgIpc) is 3.47. The van der Waals surface area contributed by atoms with E-state index in [2.05, 4.69) is 32.3 Å². The van der Waals surface area contributed by atoms with E-state index in [4.69, 9.17) is 4.74 Å². The van der Waals surface area contributed by atoms with Gasteiger partial charge in [-0.25, -0.2) is 4.39 Å². The molecule has 0 aliphatic heterocycles. The zero-order valence-electron chi connectivity index (χ0n) is 17.8. The fourth-order valence-electron chi connectivity index (χ4n) is 4.28. The number of nitrogens with zero attached hydrogens (tertiary/aromatic N) is 2. The van der Waals surface area contributed by atoms with Crippen LogP contribution in [0.5, 0.6) is 5.75 Å². The van der Waals surface area contributed by atoms with Gasteiger partial charge in [0.25, 0.3) is 0 Å². The van der Waals surface area contributed by atoms with E-state index in [1.807, 2.05) is 54.6 Å². The van der Waals surface area contributed by atoms with Gasteiger partial charge >= 0.3 is 0 Å². The molecular formula is C27H19FN4O. The predicted molar refractivity (Wildman–Crippen MR) is 129 cm³/mol. The minimum atomic E-state index is -0.336. The Labute approximate surface area is 188 Å². The van der Waals surface area contributed by atoms with E-state index in [0.717, 1.165) is 55.6 Å². The molecule has 6 aromatic rings. The van der Waals surface area contributed by atoms with Crippen molar-refractivity contribution in [1.29, 1.82) is 0 Å². The zero-order valence-corrected chi connectivity index (χ0v) is 17.8. The molecule has 0 amide bonds. The number of H-pyrrole nitrogens is 2. The molecule has 3 heterocycles. The van der Waals surface area contributed by atoms with Gasteiger partial charge in [-0.1, -0.05) is 24.3 Å². The Bertz CT molecular complexity index is 1620. The van der Waals surface area contributed by atoms with E-state index >= 15 is 0 Å². The first kappa shape index (κ1) is 19.3. The van der Waals surface area contributed by atoms with Crippen molar-refractivity contribution in [2.24, 2.45) is 0 Å². The maximum Gasteiger partial charge on any atom is 0.127 e. The molecule has 3 aromatic heterocycles. The molecule has 0 saturated carbocycles. The quantitative estimate of drug-likeness (QED) is 0.329. The summed E-state index contributed by atoms with van der Waals surface area (Å²) in [5.74, 6) is 0.149. The summed E-state index contributed by atoms with van der Waals surface area (Å²) in [6.45, 7) is 0. The minimum absolute atomic E-state index is 0.336. The molecule has 0 atom stereocenters. The highest BCUT2D eigenvalue weighted by molar-refractivity contribution is 6.01. The van der Waals surface area contributed by atoms with Gasteiger partial charge in [0.2, 0.25) is 0 Å². The second-order valence-corrected chi connectivity index (χ2v) is 7.88. The molecule has 0 unspecified atom stereocenters. The fraction of sp³-hybridized carbons (Fsp3) is 0.0370. The van der Waals surface area contributed by atoms with Gasteiger partial charge in [0, 0.05) is 34.1 Å². The third-order valence-electron chi connectivity index (χ3n) is 5.86. The van der Waals surface area contributed by atoms with Gasteiger partial charge in [-0.15, -0.1) is 0 Å². The highest BCUT2D eigenvalue weighted by Gasteiger charge is 2.15. The molecule has 5 nitrogen and oxygen atoms in total. The lowest BCUT2D eigenvalue weighted by Crippen LogP contribution is -1.87. The predicted octanol–water partition coefficient (Wildman–Crippen LogP) is 6.59. The van der Waals surface area contributed by atoms with E-state index < -0.39 is 0 Å². The number of pyridine rings is 1. The Morgan fingerprint density at radius 1 is 0.818 bits per heavy atom. The van der Waals surface area contributed by atoms with Crippen LogP contribution in [-0.4, -0.2) is 27.3 Å². The van der Waals surface area contributed by atoms with Gasteiger partial charge < -0.3 is 9.72 Å². The molecule has 0 aliphatic carbocycles. The molecule has 0 bridgehead atoms. The lowest BCUT2D eigenvalue weighted by atomic mass is 10.0. The lowest BCUT2D eigenvalue weighted by molar-refractivity contribution is 0.411. The average molecular weight is 434 g/mol. The largest absolute Gasteiger partial charge is 0.497 e. The van der Waals surface area contributed by atoms with Gasteiger partial charge in [0.05, 0.1) is 24.0 Å². The molecule has 0 fully saturated rings. The first-order valence-corrected chi connectivity index (χ1v) is 10.6. The number of ether oxygens (including phenoxy) is 1. The summed E-state index contributed by atoms with van der Waals surface area (Å²) in [5, 5.41) is 9.69. The summed E-state index contributed by atoms with van der Waals surface area (Å²) in [4.78, 5) is 7.94. The van der Waals surface area contributed by atoms with Crippen LogP contribution < -0.4 is 4.74 Å². The topological polar surface area (TPSA) is 66.6 Å². The van der Waals surface area contributed by atoms with Crippen LogP contribution >= 0.6 is 0 Å². The second-order valence-electron chi connectivity index (χ2n) is 7.88. The highest BCUT2D eigenvalue weighted by Crippen LogP contribution is 2.36. The van der Waals surface area contributed by atoms with Crippen molar-refractivity contribution in [1.82, 2.24) is 20.2 Å². The second kappa shape index (κ2) is 7.60. The molecule has 2 N–H and O–H groups in total. The fourth-order valence-corrected chi connectivity index (χ4v) is 4.28. The number of nitrogens with one attached hydrogen (secondary N) is 2. The summed E-state index contributed by atoms with van der Waals surface area (Å²) in [7, 11) is 1.54. The van der Waals surface area contributed by atoms with Crippen molar-refractivity contribution in [2.75, 3.05) is 7.11 Å². The molecule has 6 rings (SSSR count). The number of hydrogen-bond acceptors (Lipinski definition) is 3. The van der Waals surface area contributed by atoms with Crippen molar-refractivity contribution in [2.45, 2.75) is 0 Å². The van der Waals surface area contributed by atoms with Crippen molar-refractivity contribution in [3.8, 4) is 39.5 Å². The monoisotopic (exact) mass is 434 g/mol. The van der Waals surface area contributed by atoms with Gasteiger partial charge in [0.15, 0.2) is 0 Å². The summed E-state index contributed by atoms with van der Waals surface area (Å²) < 4.78 is 19.4. The van der Waals surface area contributed by atoms with Crippen LogP contribution in [0, 0.1) is 5.82 Å². The van der Waals surface area contributed by atoms with Crippen LogP contribution in [-0.2, 0) is 0 Å². The van der Waals surface area contributed by atoms with E-state index in [0.29, 0.717) is 5.75 Å². The van der Waals surface area contributed by atoms with Crippen LogP contribution in [0.25, 0.3) is 55.6 Å². The van der Waals surface area contributed by atoms with E-state index in [1.165, 1.54) is 19.2 Å². The number of fused-ring (bicyclic) bond motifs is 2. The SMILES string of the molecule is COc1cc(F)cc(-c2cccc3[nH]c(-c4n[nH]c5ccc(-c6ccccn6)cc45)cc23)c1. The Hall–Kier alpha value is -4.45. The first-order valence-electron chi connectivity index (χ1n) is 10.6. The van der Waals surface area contributed by atoms with Crippen LogP contribution in [0.3, 0.4) is 0 Å². The van der Waals surface area contributed by atoms with Crippen molar-refractivity contribution in [3.63, 3.8) is 0 Å². The van der Waals surface area contributed by atoms with Crippen molar-refractivity contribution >= 4 is 21.8 Å². The van der Waals surface area contributed by atoms with Crippen LogP contribution in [0.15, 0.2) is 85.1 Å². The number of rotatable bonds is 4. The smallest absolute Gasteiger partial charge is 0.127 e. The molecule has 0 spiro atoms.